The number of nitrogens with zero attached hydrogens (tertiary/aromatic N) is 1. The highest BCUT2D eigenvalue weighted by molar-refractivity contribution is 5.94. The molecule has 26 heavy (non-hydrogen) atoms. The number of rotatable bonds is 2. The topological polar surface area (TPSA) is 59.0 Å². The lowest BCUT2D eigenvalue weighted by molar-refractivity contribution is -0.125. The zero-order valence-electron chi connectivity index (χ0n) is 15.6. The van der Waals surface area contributed by atoms with Crippen molar-refractivity contribution in [2.45, 2.75) is 44.6 Å². The number of amides is 1. The van der Waals surface area contributed by atoms with Crippen molar-refractivity contribution >= 4 is 5.91 Å². The van der Waals surface area contributed by atoms with Crippen LogP contribution in [0.4, 0.5) is 0 Å². The smallest absolute Gasteiger partial charge is 0.253 e. The van der Waals surface area contributed by atoms with Gasteiger partial charge in [-0.2, -0.15) is 0 Å². The molecule has 0 radical (unpaired) electrons. The van der Waals surface area contributed by atoms with Gasteiger partial charge in [-0.1, -0.05) is 6.92 Å². The lowest BCUT2D eigenvalue weighted by Gasteiger charge is -2.48. The van der Waals surface area contributed by atoms with E-state index in [1.165, 1.54) is 0 Å². The number of aryl methyl sites for hydroxylation is 1. The fraction of sp³-hybridized carbons (Fsp3) is 0.667. The van der Waals surface area contributed by atoms with Gasteiger partial charge in [-0.15, -0.1) is 0 Å². The first-order valence-corrected chi connectivity index (χ1v) is 9.93. The monoisotopic (exact) mass is 359 g/mol. The Hall–Kier alpha value is -1.59. The zero-order chi connectivity index (χ0) is 18.1. The molecule has 5 heteroatoms. The molecule has 0 bridgehead atoms. The molecule has 1 aromatic carbocycles. The molecule has 1 aromatic rings. The fourth-order valence-electron chi connectivity index (χ4n) is 4.80. The number of fused-ring (bicyclic) bond motifs is 1. The molecule has 0 saturated carbocycles. The largest absolute Gasteiger partial charge is 0.493 e. The van der Waals surface area contributed by atoms with Crippen molar-refractivity contribution in [1.82, 2.24) is 4.90 Å². The molecule has 2 saturated heterocycles. The summed E-state index contributed by atoms with van der Waals surface area (Å²) in [6.45, 7) is 5.54. The third-order valence-corrected chi connectivity index (χ3v) is 6.50. The second-order valence-corrected chi connectivity index (χ2v) is 8.05. The van der Waals surface area contributed by atoms with Crippen molar-refractivity contribution < 1.29 is 19.4 Å². The number of carbonyl (C=O) groups is 1. The van der Waals surface area contributed by atoms with E-state index < -0.39 is 5.60 Å². The van der Waals surface area contributed by atoms with Gasteiger partial charge in [-0.3, -0.25) is 4.79 Å². The van der Waals surface area contributed by atoms with Crippen LogP contribution in [-0.4, -0.2) is 54.4 Å². The minimum atomic E-state index is -0.676. The summed E-state index contributed by atoms with van der Waals surface area (Å²) in [7, 11) is 0. The molecule has 1 amide bonds. The molecule has 0 aliphatic carbocycles. The number of ether oxygens (including phenoxy) is 2. The van der Waals surface area contributed by atoms with Gasteiger partial charge in [0, 0.05) is 37.8 Å². The molecule has 142 valence electrons. The fourth-order valence-corrected chi connectivity index (χ4v) is 4.80. The number of piperidine rings is 1. The van der Waals surface area contributed by atoms with Crippen molar-refractivity contribution in [3.05, 3.63) is 29.3 Å². The first-order chi connectivity index (χ1) is 12.6. The first kappa shape index (κ1) is 17.8. The Balaban J connectivity index is 1.45. The Kier molecular flexibility index (Phi) is 4.93. The molecule has 3 aliphatic rings. The predicted octanol–water partition coefficient (Wildman–Crippen LogP) is 2.65. The average Bonchev–Trinajstić information content (AvgIpc) is 2.70. The summed E-state index contributed by atoms with van der Waals surface area (Å²) in [5, 5.41) is 11.3. The molecule has 0 spiro atoms. The van der Waals surface area contributed by atoms with Crippen LogP contribution in [0.1, 0.15) is 48.5 Å². The van der Waals surface area contributed by atoms with Crippen LogP contribution in [0.2, 0.25) is 0 Å². The lowest BCUT2D eigenvalue weighted by Crippen LogP contribution is -2.56. The lowest BCUT2D eigenvalue weighted by atomic mass is 9.70. The minimum Gasteiger partial charge on any atom is -0.493 e. The highest BCUT2D eigenvalue weighted by Gasteiger charge is 2.46. The second-order valence-electron chi connectivity index (χ2n) is 8.05. The first-order valence-electron chi connectivity index (χ1n) is 9.93. The number of benzene rings is 1. The molecule has 0 aromatic heterocycles. The number of hydrogen-bond donors (Lipinski definition) is 1. The molecule has 2 atom stereocenters. The SMILES string of the molecule is C[C@@H]1CN(C(=O)c2ccc3c(c2)CCCO3)CC[C@@]1(O)C1CCOCC1. The van der Waals surface area contributed by atoms with Gasteiger partial charge in [0.05, 0.1) is 12.2 Å². The molecule has 0 unspecified atom stereocenters. The standard InChI is InChI=1S/C21H29NO4/c1-15-14-22(9-8-21(15,24)18-6-11-25-12-7-18)20(23)17-4-5-19-16(13-17)3-2-10-26-19/h4-5,13,15,18,24H,2-3,6-12,14H2,1H3/t15-,21+/m1/s1. The number of hydrogen-bond acceptors (Lipinski definition) is 4. The highest BCUT2D eigenvalue weighted by atomic mass is 16.5. The molecule has 5 nitrogen and oxygen atoms in total. The third-order valence-electron chi connectivity index (χ3n) is 6.50. The van der Waals surface area contributed by atoms with Gasteiger partial charge in [0.2, 0.25) is 0 Å². The van der Waals surface area contributed by atoms with Crippen LogP contribution >= 0.6 is 0 Å². The van der Waals surface area contributed by atoms with E-state index in [9.17, 15) is 9.90 Å². The van der Waals surface area contributed by atoms with E-state index in [4.69, 9.17) is 9.47 Å². The summed E-state index contributed by atoms with van der Waals surface area (Å²) in [5.41, 5.74) is 1.19. The quantitative estimate of drug-likeness (QED) is 0.882. The van der Waals surface area contributed by atoms with Crippen LogP contribution in [0.25, 0.3) is 0 Å². The molecule has 3 heterocycles. The average molecular weight is 359 g/mol. The number of carbonyl (C=O) groups excluding carboxylic acids is 1. The van der Waals surface area contributed by atoms with Crippen LogP contribution < -0.4 is 4.74 Å². The van der Waals surface area contributed by atoms with Crippen LogP contribution in [0.3, 0.4) is 0 Å². The Morgan fingerprint density at radius 2 is 2.08 bits per heavy atom. The van der Waals surface area contributed by atoms with Crippen LogP contribution in [0.5, 0.6) is 5.75 Å². The molecule has 1 N–H and O–H groups in total. The van der Waals surface area contributed by atoms with Crippen LogP contribution in [0.15, 0.2) is 18.2 Å². The van der Waals surface area contributed by atoms with Gasteiger partial charge in [0.25, 0.3) is 5.91 Å². The van der Waals surface area contributed by atoms with Crippen molar-refractivity contribution in [1.29, 1.82) is 0 Å². The van der Waals surface area contributed by atoms with Crippen molar-refractivity contribution in [3.8, 4) is 5.75 Å². The Morgan fingerprint density at radius 3 is 2.85 bits per heavy atom. The Morgan fingerprint density at radius 1 is 1.27 bits per heavy atom. The van der Waals surface area contributed by atoms with E-state index >= 15 is 0 Å². The van der Waals surface area contributed by atoms with E-state index in [0.29, 0.717) is 19.5 Å². The van der Waals surface area contributed by atoms with Gasteiger partial charge in [-0.05, 0) is 61.8 Å². The maximum Gasteiger partial charge on any atom is 0.253 e. The number of likely N-dealkylation sites (tertiary alicyclic amines) is 1. The molecule has 3 aliphatic heterocycles. The van der Waals surface area contributed by atoms with E-state index in [-0.39, 0.29) is 17.7 Å². The van der Waals surface area contributed by atoms with Gasteiger partial charge in [0.15, 0.2) is 0 Å². The van der Waals surface area contributed by atoms with Gasteiger partial charge >= 0.3 is 0 Å². The summed E-state index contributed by atoms with van der Waals surface area (Å²) >= 11 is 0. The van der Waals surface area contributed by atoms with Crippen LogP contribution in [0, 0.1) is 11.8 Å². The summed E-state index contributed by atoms with van der Waals surface area (Å²) in [6, 6.07) is 5.78. The van der Waals surface area contributed by atoms with Crippen molar-refractivity contribution in [2.75, 3.05) is 32.9 Å². The van der Waals surface area contributed by atoms with Gasteiger partial charge < -0.3 is 19.5 Å². The maximum absolute atomic E-state index is 13.0. The molecule has 4 rings (SSSR count). The number of aliphatic hydroxyl groups is 1. The summed E-state index contributed by atoms with van der Waals surface area (Å²) in [4.78, 5) is 14.9. The predicted molar refractivity (Wildman–Crippen MR) is 98.4 cm³/mol. The summed E-state index contributed by atoms with van der Waals surface area (Å²) in [5.74, 6) is 1.33. The van der Waals surface area contributed by atoms with E-state index in [2.05, 4.69) is 6.92 Å². The Bertz CT molecular complexity index is 670. The molecular formula is C21H29NO4. The summed E-state index contributed by atoms with van der Waals surface area (Å²) in [6.07, 6.45) is 4.46. The third kappa shape index (κ3) is 3.23. The summed E-state index contributed by atoms with van der Waals surface area (Å²) < 4.78 is 11.1. The minimum absolute atomic E-state index is 0.0688. The van der Waals surface area contributed by atoms with Crippen molar-refractivity contribution in [2.24, 2.45) is 11.8 Å². The second kappa shape index (κ2) is 7.20. The molecular weight excluding hydrogens is 330 g/mol. The van der Waals surface area contributed by atoms with E-state index in [1.54, 1.807) is 0 Å². The highest BCUT2D eigenvalue weighted by Crippen LogP contribution is 2.39. The van der Waals surface area contributed by atoms with Crippen LogP contribution in [-0.2, 0) is 11.2 Å². The van der Waals surface area contributed by atoms with Crippen molar-refractivity contribution in [3.63, 3.8) is 0 Å². The van der Waals surface area contributed by atoms with E-state index in [0.717, 1.165) is 62.4 Å². The Labute approximate surface area is 155 Å². The zero-order valence-corrected chi connectivity index (χ0v) is 15.6. The van der Waals surface area contributed by atoms with E-state index in [1.807, 2.05) is 23.1 Å². The normalized spacial score (nSPS) is 29.8. The van der Waals surface area contributed by atoms with Gasteiger partial charge in [-0.25, -0.2) is 0 Å². The maximum atomic E-state index is 13.0. The molecule has 2 fully saturated rings. The van der Waals surface area contributed by atoms with Gasteiger partial charge in [0.1, 0.15) is 5.75 Å².